The Bertz CT molecular complexity index is 3180. The van der Waals surface area contributed by atoms with Crippen molar-refractivity contribution in [3.8, 4) is 22.6 Å². The molecule has 11 aromatic rings. The summed E-state index contributed by atoms with van der Waals surface area (Å²) >= 11 is 0. The molecule has 0 saturated heterocycles. The molecular weight excluding hydrogens is 649 g/mol. The van der Waals surface area contributed by atoms with Gasteiger partial charge in [0.2, 0.25) is 5.89 Å². The molecule has 4 nitrogen and oxygen atoms in total. The summed E-state index contributed by atoms with van der Waals surface area (Å²) in [4.78, 5) is 7.15. The minimum atomic E-state index is 0.617. The predicted molar refractivity (Wildman–Crippen MR) is 219 cm³/mol. The van der Waals surface area contributed by atoms with Crippen LogP contribution in [-0.2, 0) is 0 Å². The van der Waals surface area contributed by atoms with Crippen molar-refractivity contribution in [2.24, 2.45) is 0 Å². The van der Waals surface area contributed by atoms with Crippen LogP contribution in [0, 0.1) is 0 Å². The van der Waals surface area contributed by atoms with Gasteiger partial charge in [-0.2, -0.15) is 0 Å². The Kier molecular flexibility index (Phi) is 6.52. The summed E-state index contributed by atoms with van der Waals surface area (Å²) in [7, 11) is 0. The number of benzene rings is 9. The highest BCUT2D eigenvalue weighted by Crippen LogP contribution is 2.43. The Morgan fingerprint density at radius 1 is 0.396 bits per heavy atom. The van der Waals surface area contributed by atoms with Crippen molar-refractivity contribution in [1.82, 2.24) is 4.98 Å². The molecule has 0 aliphatic rings. The van der Waals surface area contributed by atoms with E-state index >= 15 is 0 Å². The number of hydrogen-bond acceptors (Lipinski definition) is 4. The smallest absolute Gasteiger partial charge is 0.227 e. The largest absolute Gasteiger partial charge is 0.456 e. The molecule has 53 heavy (non-hydrogen) atoms. The lowest BCUT2D eigenvalue weighted by atomic mass is 9.95. The lowest BCUT2D eigenvalue weighted by Gasteiger charge is -2.26. The number of anilines is 3. The van der Waals surface area contributed by atoms with E-state index in [4.69, 9.17) is 13.8 Å². The molecule has 0 atom stereocenters. The molecule has 0 spiro atoms. The molecule has 0 aliphatic carbocycles. The molecule has 0 N–H and O–H groups in total. The molecule has 2 aromatic heterocycles. The van der Waals surface area contributed by atoms with Gasteiger partial charge in [0, 0.05) is 38.8 Å². The third-order valence-corrected chi connectivity index (χ3v) is 10.4. The second-order valence-electron chi connectivity index (χ2n) is 13.6. The molecule has 0 fully saturated rings. The first-order valence-electron chi connectivity index (χ1n) is 17.9. The number of nitrogens with zero attached hydrogens (tertiary/aromatic N) is 2. The average molecular weight is 679 g/mol. The zero-order valence-corrected chi connectivity index (χ0v) is 28.5. The lowest BCUT2D eigenvalue weighted by Crippen LogP contribution is -2.09. The summed E-state index contributed by atoms with van der Waals surface area (Å²) in [5.41, 5.74) is 9.69. The molecule has 0 bridgehead atoms. The van der Waals surface area contributed by atoms with Crippen LogP contribution in [0.2, 0.25) is 0 Å². The van der Waals surface area contributed by atoms with Crippen LogP contribution in [0.3, 0.4) is 0 Å². The maximum atomic E-state index is 6.51. The lowest BCUT2D eigenvalue weighted by molar-refractivity contribution is 0.623. The fraction of sp³-hybridized carbons (Fsp3) is 0. The molecule has 248 valence electrons. The second-order valence-corrected chi connectivity index (χ2v) is 13.6. The normalized spacial score (nSPS) is 11.8. The standard InChI is InChI=1S/C49H30N2O2/c1-3-11-33(12-4-1)49-50-44-26-22-32-20-23-37(29-42(32)48(44)53-49)51(36-13-5-2-6-14-36)38-24-27-45-43(30-38)47-41(16-9-17-46(47)52-45)35-21-25-40-34(28-35)19-18-31-10-7-8-15-39(31)40/h1-30H. The van der Waals surface area contributed by atoms with Gasteiger partial charge in [0.1, 0.15) is 16.7 Å². The maximum absolute atomic E-state index is 6.51. The molecule has 0 amide bonds. The van der Waals surface area contributed by atoms with E-state index in [1.54, 1.807) is 0 Å². The van der Waals surface area contributed by atoms with Crippen molar-refractivity contribution in [3.63, 3.8) is 0 Å². The third-order valence-electron chi connectivity index (χ3n) is 10.4. The Morgan fingerprint density at radius 3 is 1.98 bits per heavy atom. The highest BCUT2D eigenvalue weighted by atomic mass is 16.3. The average Bonchev–Trinajstić information content (AvgIpc) is 3.84. The molecule has 0 saturated carbocycles. The van der Waals surface area contributed by atoms with E-state index in [1.807, 2.05) is 36.4 Å². The van der Waals surface area contributed by atoms with Crippen LogP contribution in [0.5, 0.6) is 0 Å². The second kappa shape index (κ2) is 11.7. The van der Waals surface area contributed by atoms with Crippen molar-refractivity contribution >= 4 is 82.4 Å². The Labute approximate surface area is 304 Å². The predicted octanol–water partition coefficient (Wildman–Crippen LogP) is 14.0. The van der Waals surface area contributed by atoms with Gasteiger partial charge in [-0.05, 0) is 111 Å². The zero-order chi connectivity index (χ0) is 34.9. The minimum absolute atomic E-state index is 0.617. The van der Waals surface area contributed by atoms with E-state index in [0.29, 0.717) is 5.89 Å². The quantitative estimate of drug-likeness (QED) is 0.170. The SMILES string of the molecule is c1ccc(-c2nc3ccc4ccc(N(c5ccccc5)c5ccc6oc7cccc(-c8ccc9c(ccc%10ccccc%109)c8)c7c6c5)cc4c3o2)cc1. The molecular formula is C49H30N2O2. The molecule has 0 radical (unpaired) electrons. The van der Waals surface area contributed by atoms with Gasteiger partial charge in [0.15, 0.2) is 5.58 Å². The first-order valence-corrected chi connectivity index (χ1v) is 17.9. The summed E-state index contributed by atoms with van der Waals surface area (Å²) in [6.45, 7) is 0. The number of aromatic nitrogens is 1. The summed E-state index contributed by atoms with van der Waals surface area (Å²) in [5.74, 6) is 0.617. The van der Waals surface area contributed by atoms with Crippen molar-refractivity contribution in [1.29, 1.82) is 0 Å². The first-order chi connectivity index (χ1) is 26.2. The fourth-order valence-electron chi connectivity index (χ4n) is 7.94. The van der Waals surface area contributed by atoms with E-state index < -0.39 is 0 Å². The van der Waals surface area contributed by atoms with E-state index in [2.05, 4.69) is 150 Å². The van der Waals surface area contributed by atoms with Crippen LogP contribution < -0.4 is 4.90 Å². The number of furan rings is 1. The van der Waals surface area contributed by atoms with Gasteiger partial charge in [-0.15, -0.1) is 0 Å². The Hall–Kier alpha value is -7.17. The van der Waals surface area contributed by atoms with Gasteiger partial charge < -0.3 is 13.7 Å². The van der Waals surface area contributed by atoms with E-state index in [9.17, 15) is 0 Å². The van der Waals surface area contributed by atoms with Gasteiger partial charge in [0.25, 0.3) is 0 Å². The number of fused-ring (bicyclic) bond motifs is 9. The van der Waals surface area contributed by atoms with Gasteiger partial charge >= 0.3 is 0 Å². The van der Waals surface area contributed by atoms with Crippen LogP contribution in [0.15, 0.2) is 191 Å². The molecule has 2 heterocycles. The van der Waals surface area contributed by atoms with Crippen molar-refractivity contribution in [2.45, 2.75) is 0 Å². The number of rotatable bonds is 5. The van der Waals surface area contributed by atoms with Crippen LogP contribution >= 0.6 is 0 Å². The third kappa shape index (κ3) is 4.80. The molecule has 0 aliphatic heterocycles. The van der Waals surface area contributed by atoms with E-state index in [1.165, 1.54) is 21.5 Å². The molecule has 11 rings (SSSR count). The van der Waals surface area contributed by atoms with Crippen LogP contribution in [0.4, 0.5) is 17.1 Å². The molecule has 0 unspecified atom stereocenters. The summed E-state index contributed by atoms with van der Waals surface area (Å²) in [6.07, 6.45) is 0. The molecule has 4 heteroatoms. The number of hydrogen-bond donors (Lipinski definition) is 0. The maximum Gasteiger partial charge on any atom is 0.227 e. The van der Waals surface area contributed by atoms with Gasteiger partial charge in [-0.3, -0.25) is 0 Å². The van der Waals surface area contributed by atoms with Crippen LogP contribution in [-0.4, -0.2) is 4.98 Å². The molecule has 9 aromatic carbocycles. The highest BCUT2D eigenvalue weighted by Gasteiger charge is 2.19. The summed E-state index contributed by atoms with van der Waals surface area (Å²) in [6, 6.07) is 64.0. The van der Waals surface area contributed by atoms with Crippen molar-refractivity contribution < 1.29 is 8.83 Å². The number of para-hydroxylation sites is 1. The minimum Gasteiger partial charge on any atom is -0.456 e. The first kappa shape index (κ1) is 29.5. The van der Waals surface area contributed by atoms with Crippen molar-refractivity contribution in [3.05, 3.63) is 182 Å². The van der Waals surface area contributed by atoms with Gasteiger partial charge in [-0.1, -0.05) is 109 Å². The summed E-state index contributed by atoms with van der Waals surface area (Å²) < 4.78 is 13.0. The van der Waals surface area contributed by atoms with Crippen molar-refractivity contribution in [2.75, 3.05) is 4.90 Å². The van der Waals surface area contributed by atoms with E-state index in [0.717, 1.165) is 77.6 Å². The van der Waals surface area contributed by atoms with Crippen LogP contribution in [0.25, 0.3) is 87.9 Å². The fourth-order valence-corrected chi connectivity index (χ4v) is 7.94. The van der Waals surface area contributed by atoms with Crippen LogP contribution in [0.1, 0.15) is 0 Å². The van der Waals surface area contributed by atoms with Gasteiger partial charge in [0.05, 0.1) is 0 Å². The van der Waals surface area contributed by atoms with E-state index in [-0.39, 0.29) is 0 Å². The zero-order valence-electron chi connectivity index (χ0n) is 28.5. The topological polar surface area (TPSA) is 42.4 Å². The van der Waals surface area contributed by atoms with Gasteiger partial charge in [-0.25, -0.2) is 4.98 Å². The Morgan fingerprint density at radius 2 is 1.09 bits per heavy atom. The highest BCUT2D eigenvalue weighted by molar-refractivity contribution is 6.15. The number of oxazole rings is 1. The summed E-state index contributed by atoms with van der Waals surface area (Å²) in [5, 5.41) is 9.27. The Balaban J connectivity index is 1.09. The monoisotopic (exact) mass is 678 g/mol.